The maximum Gasteiger partial charge on any atom is 0.180 e. The summed E-state index contributed by atoms with van der Waals surface area (Å²) < 4.78 is 0. The summed E-state index contributed by atoms with van der Waals surface area (Å²) in [5.74, 6) is 0.370. The van der Waals surface area contributed by atoms with Crippen LogP contribution in [0.25, 0.3) is 33.4 Å². The lowest BCUT2D eigenvalue weighted by molar-refractivity contribution is 1.03. The fourth-order valence-corrected chi connectivity index (χ4v) is 2.80. The number of nitrogens with two attached hydrogens (primary N) is 1. The van der Waals surface area contributed by atoms with Gasteiger partial charge in [0.1, 0.15) is 5.69 Å². The molecular formula is C16H11ClN6. The number of nitrogens with one attached hydrogen (secondary N) is 1. The highest BCUT2D eigenvalue weighted by Crippen LogP contribution is 2.39. The van der Waals surface area contributed by atoms with E-state index in [1.807, 2.05) is 36.4 Å². The molecule has 112 valence electrons. The van der Waals surface area contributed by atoms with Gasteiger partial charge >= 0.3 is 0 Å². The predicted molar refractivity (Wildman–Crippen MR) is 89.8 cm³/mol. The SMILES string of the molecule is Nc1n[nH]c2nnc(-c3ccccc3Cl)c(-c3ccncc3)c12. The lowest BCUT2D eigenvalue weighted by Crippen LogP contribution is -1.96. The standard InChI is InChI=1S/C16H11ClN6/c17-11-4-2-1-3-10(11)14-12(9-5-7-19-8-6-9)13-15(18)21-23-16(13)22-20-14/h1-8H,(H3,18,21,22,23). The Morgan fingerprint density at radius 3 is 2.57 bits per heavy atom. The first-order valence-corrected chi connectivity index (χ1v) is 7.29. The number of aromatic nitrogens is 5. The lowest BCUT2D eigenvalue weighted by atomic mass is 9.98. The van der Waals surface area contributed by atoms with Crippen LogP contribution in [0.1, 0.15) is 0 Å². The zero-order valence-corrected chi connectivity index (χ0v) is 12.6. The topological polar surface area (TPSA) is 93.4 Å². The maximum absolute atomic E-state index is 6.35. The van der Waals surface area contributed by atoms with Gasteiger partial charge in [-0.1, -0.05) is 29.8 Å². The molecule has 3 aromatic heterocycles. The Bertz CT molecular complexity index is 996. The third-order valence-electron chi connectivity index (χ3n) is 3.61. The number of nitrogens with zero attached hydrogens (tertiary/aromatic N) is 4. The van der Waals surface area contributed by atoms with Crippen molar-refractivity contribution in [1.29, 1.82) is 0 Å². The molecule has 7 heteroatoms. The summed E-state index contributed by atoms with van der Waals surface area (Å²) in [7, 11) is 0. The van der Waals surface area contributed by atoms with E-state index in [0.717, 1.165) is 22.1 Å². The first-order chi connectivity index (χ1) is 11.3. The summed E-state index contributed by atoms with van der Waals surface area (Å²) >= 11 is 6.35. The van der Waals surface area contributed by atoms with Gasteiger partial charge in [-0.3, -0.25) is 10.1 Å². The number of nitrogen functional groups attached to an aromatic ring is 1. The normalized spacial score (nSPS) is 11.0. The minimum absolute atomic E-state index is 0.370. The lowest BCUT2D eigenvalue weighted by Gasteiger charge is -2.11. The molecule has 0 saturated carbocycles. The molecule has 0 aliphatic heterocycles. The number of rotatable bonds is 2. The number of hydrogen-bond donors (Lipinski definition) is 2. The summed E-state index contributed by atoms with van der Waals surface area (Å²) in [4.78, 5) is 4.06. The summed E-state index contributed by atoms with van der Waals surface area (Å²) in [5, 5.41) is 16.7. The van der Waals surface area contributed by atoms with E-state index in [9.17, 15) is 0 Å². The van der Waals surface area contributed by atoms with Crippen molar-refractivity contribution < 1.29 is 0 Å². The minimum atomic E-state index is 0.370. The van der Waals surface area contributed by atoms with Crippen LogP contribution in [0.2, 0.25) is 5.02 Å². The van der Waals surface area contributed by atoms with Gasteiger partial charge in [-0.2, -0.15) is 5.10 Å². The molecule has 0 saturated heterocycles. The van der Waals surface area contributed by atoms with Crippen LogP contribution in [-0.4, -0.2) is 25.4 Å². The van der Waals surface area contributed by atoms with Crippen LogP contribution in [0.3, 0.4) is 0 Å². The van der Waals surface area contributed by atoms with Gasteiger partial charge in [0, 0.05) is 23.5 Å². The third-order valence-corrected chi connectivity index (χ3v) is 3.94. The third kappa shape index (κ3) is 2.20. The number of benzene rings is 1. The molecule has 3 N–H and O–H groups in total. The molecule has 4 rings (SSSR count). The van der Waals surface area contributed by atoms with Crippen molar-refractivity contribution >= 4 is 28.5 Å². The van der Waals surface area contributed by atoms with Crippen LogP contribution in [0, 0.1) is 0 Å². The molecule has 4 aromatic rings. The van der Waals surface area contributed by atoms with Crippen molar-refractivity contribution in [3.63, 3.8) is 0 Å². The number of halogens is 1. The summed E-state index contributed by atoms with van der Waals surface area (Å²) in [6, 6.07) is 11.3. The van der Waals surface area contributed by atoms with Crippen molar-refractivity contribution in [1.82, 2.24) is 25.4 Å². The maximum atomic E-state index is 6.35. The number of aromatic amines is 1. The number of anilines is 1. The highest BCUT2D eigenvalue weighted by molar-refractivity contribution is 6.33. The van der Waals surface area contributed by atoms with Gasteiger partial charge < -0.3 is 5.73 Å². The van der Waals surface area contributed by atoms with Gasteiger partial charge in [-0.05, 0) is 23.8 Å². The zero-order chi connectivity index (χ0) is 15.8. The second-order valence-corrected chi connectivity index (χ2v) is 5.38. The van der Waals surface area contributed by atoms with E-state index in [0.29, 0.717) is 22.2 Å². The Labute approximate surface area is 136 Å². The second-order valence-electron chi connectivity index (χ2n) is 4.97. The molecule has 3 heterocycles. The van der Waals surface area contributed by atoms with E-state index in [-0.39, 0.29) is 0 Å². The first-order valence-electron chi connectivity index (χ1n) is 6.91. The molecule has 0 aliphatic rings. The minimum Gasteiger partial charge on any atom is -0.382 e. The van der Waals surface area contributed by atoms with E-state index >= 15 is 0 Å². The Kier molecular flexibility index (Phi) is 3.17. The fourth-order valence-electron chi connectivity index (χ4n) is 2.57. The fraction of sp³-hybridized carbons (Fsp3) is 0. The summed E-state index contributed by atoms with van der Waals surface area (Å²) in [6.07, 6.45) is 3.43. The van der Waals surface area contributed by atoms with Gasteiger partial charge in [-0.25, -0.2) is 0 Å². The molecule has 0 fully saturated rings. The Hall–Kier alpha value is -2.99. The van der Waals surface area contributed by atoms with Crippen molar-refractivity contribution in [2.24, 2.45) is 0 Å². The van der Waals surface area contributed by atoms with Crippen molar-refractivity contribution in [2.75, 3.05) is 5.73 Å². The Morgan fingerprint density at radius 2 is 1.78 bits per heavy atom. The molecule has 0 atom stereocenters. The molecule has 1 aromatic carbocycles. The van der Waals surface area contributed by atoms with E-state index < -0.39 is 0 Å². The van der Waals surface area contributed by atoms with Gasteiger partial charge in [0.2, 0.25) is 0 Å². The molecule has 0 unspecified atom stereocenters. The van der Waals surface area contributed by atoms with Crippen LogP contribution in [0.15, 0.2) is 48.8 Å². The van der Waals surface area contributed by atoms with Gasteiger partial charge in [0.25, 0.3) is 0 Å². The van der Waals surface area contributed by atoms with Crippen LogP contribution in [0.5, 0.6) is 0 Å². The molecule has 0 spiro atoms. The quantitative estimate of drug-likeness (QED) is 0.590. The number of H-pyrrole nitrogens is 1. The highest BCUT2D eigenvalue weighted by Gasteiger charge is 2.19. The van der Waals surface area contributed by atoms with Gasteiger partial charge in [0.05, 0.1) is 10.4 Å². The Balaban J connectivity index is 2.13. The van der Waals surface area contributed by atoms with Crippen LogP contribution >= 0.6 is 11.6 Å². The number of pyridine rings is 1. The van der Waals surface area contributed by atoms with Crippen LogP contribution < -0.4 is 5.73 Å². The smallest absolute Gasteiger partial charge is 0.180 e. The van der Waals surface area contributed by atoms with Crippen LogP contribution in [0.4, 0.5) is 5.82 Å². The second kappa shape index (κ2) is 5.33. The molecule has 0 radical (unpaired) electrons. The molecule has 0 amide bonds. The van der Waals surface area contributed by atoms with E-state index in [1.54, 1.807) is 12.4 Å². The molecule has 0 bridgehead atoms. The number of hydrogen-bond acceptors (Lipinski definition) is 5. The molecule has 23 heavy (non-hydrogen) atoms. The van der Waals surface area contributed by atoms with Crippen molar-refractivity contribution in [2.45, 2.75) is 0 Å². The average molecular weight is 323 g/mol. The predicted octanol–water partition coefficient (Wildman–Crippen LogP) is 3.32. The summed E-state index contributed by atoms with van der Waals surface area (Å²) in [5.41, 5.74) is 9.77. The largest absolute Gasteiger partial charge is 0.382 e. The van der Waals surface area contributed by atoms with Crippen LogP contribution in [-0.2, 0) is 0 Å². The Morgan fingerprint density at radius 1 is 1.00 bits per heavy atom. The van der Waals surface area contributed by atoms with Gasteiger partial charge in [0.15, 0.2) is 11.5 Å². The zero-order valence-electron chi connectivity index (χ0n) is 11.9. The number of fused-ring (bicyclic) bond motifs is 1. The highest BCUT2D eigenvalue weighted by atomic mass is 35.5. The van der Waals surface area contributed by atoms with Crippen molar-refractivity contribution in [3.8, 4) is 22.4 Å². The average Bonchev–Trinajstić information content (AvgIpc) is 2.97. The molecule has 6 nitrogen and oxygen atoms in total. The molecular weight excluding hydrogens is 312 g/mol. The van der Waals surface area contributed by atoms with Crippen molar-refractivity contribution in [3.05, 3.63) is 53.8 Å². The summed E-state index contributed by atoms with van der Waals surface area (Å²) in [6.45, 7) is 0. The van der Waals surface area contributed by atoms with E-state index in [4.69, 9.17) is 17.3 Å². The molecule has 0 aliphatic carbocycles. The first kappa shape index (κ1) is 13.7. The van der Waals surface area contributed by atoms with E-state index in [1.165, 1.54) is 0 Å². The monoisotopic (exact) mass is 322 g/mol. The van der Waals surface area contributed by atoms with E-state index in [2.05, 4.69) is 25.4 Å². The van der Waals surface area contributed by atoms with Gasteiger partial charge in [-0.15, -0.1) is 10.2 Å².